The number of carbonyl (C=O) groups is 1. The zero-order valence-corrected chi connectivity index (χ0v) is 10.5. The molecule has 0 amide bonds. The van der Waals surface area contributed by atoms with E-state index in [9.17, 15) is 4.79 Å². The van der Waals surface area contributed by atoms with Gasteiger partial charge in [0.25, 0.3) is 0 Å². The molecule has 1 aliphatic carbocycles. The van der Waals surface area contributed by atoms with Crippen LogP contribution in [0.1, 0.15) is 45.4 Å². The molecular formula is C12H16Cl2O. The highest BCUT2D eigenvalue weighted by molar-refractivity contribution is 6.58. The van der Waals surface area contributed by atoms with E-state index in [2.05, 4.69) is 18.8 Å². The van der Waals surface area contributed by atoms with Gasteiger partial charge in [0.1, 0.15) is 0 Å². The molecule has 0 radical (unpaired) electrons. The molecule has 0 aromatic rings. The molecule has 3 heteroatoms. The van der Waals surface area contributed by atoms with Crippen LogP contribution in [-0.4, -0.2) is 10.1 Å². The van der Waals surface area contributed by atoms with Crippen LogP contribution in [0.5, 0.6) is 0 Å². The molecule has 0 saturated heterocycles. The zero-order chi connectivity index (χ0) is 11.3. The lowest BCUT2D eigenvalue weighted by Gasteiger charge is -2.29. The van der Waals surface area contributed by atoms with Gasteiger partial charge in [0, 0.05) is 12.8 Å². The Balaban J connectivity index is 2.58. The first-order chi connectivity index (χ1) is 7.09. The van der Waals surface area contributed by atoms with Gasteiger partial charge >= 0.3 is 0 Å². The molecule has 0 aliphatic heterocycles. The van der Waals surface area contributed by atoms with Crippen LogP contribution in [-0.2, 0) is 4.79 Å². The fourth-order valence-electron chi connectivity index (χ4n) is 1.63. The van der Waals surface area contributed by atoms with E-state index in [4.69, 9.17) is 23.2 Å². The number of carbonyl (C=O) groups excluding carboxylic acids is 1. The van der Waals surface area contributed by atoms with E-state index in [1.165, 1.54) is 0 Å². The molecular weight excluding hydrogens is 231 g/mol. The molecule has 15 heavy (non-hydrogen) atoms. The molecule has 0 N–H and O–H groups in total. The van der Waals surface area contributed by atoms with Gasteiger partial charge in [0.15, 0.2) is 10.1 Å². The van der Waals surface area contributed by atoms with Crippen LogP contribution in [0.2, 0.25) is 0 Å². The summed E-state index contributed by atoms with van der Waals surface area (Å²) in [6, 6.07) is 0. The normalized spacial score (nSPS) is 24.5. The second-order valence-corrected chi connectivity index (χ2v) is 5.30. The maximum absolute atomic E-state index is 11.5. The molecule has 0 spiro atoms. The predicted octanol–water partition coefficient (Wildman–Crippen LogP) is 3.72. The molecule has 84 valence electrons. The minimum atomic E-state index is -1.27. The molecule has 0 heterocycles. The fraction of sp³-hybridized carbons (Fsp3) is 0.750. The maximum atomic E-state index is 11.5. The van der Waals surface area contributed by atoms with Gasteiger partial charge in [-0.1, -0.05) is 42.5 Å². The molecule has 1 nitrogen and oxygen atoms in total. The Morgan fingerprint density at radius 2 is 2.27 bits per heavy atom. The molecule has 1 atom stereocenters. The molecule has 1 fully saturated rings. The van der Waals surface area contributed by atoms with Crippen molar-refractivity contribution in [3.8, 4) is 11.8 Å². The number of ketones is 1. The average Bonchev–Trinajstić information content (AvgIpc) is 2.19. The van der Waals surface area contributed by atoms with Crippen LogP contribution >= 0.6 is 23.2 Å². The van der Waals surface area contributed by atoms with Crippen molar-refractivity contribution in [3.05, 3.63) is 0 Å². The van der Waals surface area contributed by atoms with Crippen LogP contribution in [0.25, 0.3) is 0 Å². The summed E-state index contributed by atoms with van der Waals surface area (Å²) in [7, 11) is 0. The summed E-state index contributed by atoms with van der Waals surface area (Å²) in [5.41, 5.74) is 0. The third kappa shape index (κ3) is 3.40. The van der Waals surface area contributed by atoms with Gasteiger partial charge in [-0.2, -0.15) is 0 Å². The summed E-state index contributed by atoms with van der Waals surface area (Å²) in [4.78, 5) is 11.5. The van der Waals surface area contributed by atoms with Crippen LogP contribution in [0.15, 0.2) is 0 Å². The highest BCUT2D eigenvalue weighted by atomic mass is 35.5. The van der Waals surface area contributed by atoms with Crippen molar-refractivity contribution in [1.82, 2.24) is 0 Å². The minimum absolute atomic E-state index is 0.0770. The van der Waals surface area contributed by atoms with Crippen molar-refractivity contribution in [2.24, 2.45) is 5.92 Å². The smallest absolute Gasteiger partial charge is 0.189 e. The van der Waals surface area contributed by atoms with Gasteiger partial charge in [-0.3, -0.25) is 4.79 Å². The molecule has 1 aliphatic rings. The van der Waals surface area contributed by atoms with Crippen molar-refractivity contribution < 1.29 is 4.79 Å². The van der Waals surface area contributed by atoms with Gasteiger partial charge in [0.05, 0.1) is 5.92 Å². The number of hydrogen-bond acceptors (Lipinski definition) is 1. The van der Waals surface area contributed by atoms with E-state index in [0.29, 0.717) is 6.42 Å². The summed E-state index contributed by atoms with van der Waals surface area (Å²) in [6.45, 7) is 2.12. The van der Waals surface area contributed by atoms with Gasteiger partial charge < -0.3 is 0 Å². The van der Waals surface area contributed by atoms with Crippen molar-refractivity contribution in [2.45, 2.75) is 49.8 Å². The lowest BCUT2D eigenvalue weighted by atomic mass is 9.87. The second kappa shape index (κ2) is 5.77. The van der Waals surface area contributed by atoms with Gasteiger partial charge in [-0.15, -0.1) is 5.92 Å². The standard InChI is InChI=1S/C12H16Cl2O/c1-2-3-4-5-7-10-8-6-9-11(15)12(10,13)14/h10H,2-4,6,8-9H2,1H3. The highest BCUT2D eigenvalue weighted by Crippen LogP contribution is 2.39. The summed E-state index contributed by atoms with van der Waals surface area (Å²) < 4.78 is -1.27. The summed E-state index contributed by atoms with van der Waals surface area (Å²) in [5, 5.41) is 0. The molecule has 1 unspecified atom stereocenters. The zero-order valence-electron chi connectivity index (χ0n) is 8.98. The second-order valence-electron chi connectivity index (χ2n) is 3.92. The topological polar surface area (TPSA) is 17.1 Å². The minimum Gasteiger partial charge on any atom is -0.296 e. The highest BCUT2D eigenvalue weighted by Gasteiger charge is 2.43. The molecule has 0 aromatic carbocycles. The van der Waals surface area contributed by atoms with Gasteiger partial charge in [-0.05, 0) is 19.3 Å². The number of Topliss-reactive ketones (excluding diaryl/α,β-unsaturated/α-hetero) is 1. The van der Waals surface area contributed by atoms with Crippen molar-refractivity contribution >= 4 is 29.0 Å². The fourth-order valence-corrected chi connectivity index (χ4v) is 2.15. The van der Waals surface area contributed by atoms with E-state index in [1.807, 2.05) is 0 Å². The first-order valence-electron chi connectivity index (χ1n) is 5.48. The monoisotopic (exact) mass is 246 g/mol. The Labute approximate surface area is 102 Å². The third-order valence-corrected chi connectivity index (χ3v) is 3.59. The summed E-state index contributed by atoms with van der Waals surface area (Å²) >= 11 is 12.0. The molecule has 0 bridgehead atoms. The number of hydrogen-bond donors (Lipinski definition) is 0. The van der Waals surface area contributed by atoms with Crippen LogP contribution < -0.4 is 0 Å². The van der Waals surface area contributed by atoms with Crippen LogP contribution in [0.4, 0.5) is 0 Å². The largest absolute Gasteiger partial charge is 0.296 e. The Bertz CT molecular complexity index is 286. The Hall–Kier alpha value is -0.190. The van der Waals surface area contributed by atoms with Crippen molar-refractivity contribution in [2.75, 3.05) is 0 Å². The Morgan fingerprint density at radius 3 is 2.93 bits per heavy atom. The SMILES string of the molecule is CCCCC#CC1CCCC(=O)C1(Cl)Cl. The van der Waals surface area contributed by atoms with E-state index >= 15 is 0 Å². The van der Waals surface area contributed by atoms with Crippen LogP contribution in [0.3, 0.4) is 0 Å². The summed E-state index contributed by atoms with van der Waals surface area (Å²) in [6.07, 6.45) is 5.26. The Morgan fingerprint density at radius 1 is 1.53 bits per heavy atom. The number of alkyl halides is 2. The van der Waals surface area contributed by atoms with Gasteiger partial charge in [0.2, 0.25) is 0 Å². The van der Waals surface area contributed by atoms with E-state index in [0.717, 1.165) is 32.1 Å². The van der Waals surface area contributed by atoms with Gasteiger partial charge in [-0.25, -0.2) is 0 Å². The van der Waals surface area contributed by atoms with E-state index < -0.39 is 4.33 Å². The van der Waals surface area contributed by atoms with Crippen molar-refractivity contribution in [1.29, 1.82) is 0 Å². The van der Waals surface area contributed by atoms with E-state index in [1.54, 1.807) is 0 Å². The maximum Gasteiger partial charge on any atom is 0.189 e. The number of halogens is 2. The predicted molar refractivity (Wildman–Crippen MR) is 64.1 cm³/mol. The lowest BCUT2D eigenvalue weighted by Crippen LogP contribution is -2.37. The average molecular weight is 247 g/mol. The Kier molecular flexibility index (Phi) is 4.96. The quantitative estimate of drug-likeness (QED) is 0.413. The first kappa shape index (κ1) is 12.9. The van der Waals surface area contributed by atoms with Crippen molar-refractivity contribution in [3.63, 3.8) is 0 Å². The van der Waals surface area contributed by atoms with E-state index in [-0.39, 0.29) is 11.7 Å². The number of unbranched alkanes of at least 4 members (excludes halogenated alkanes) is 2. The lowest BCUT2D eigenvalue weighted by molar-refractivity contribution is -0.121. The first-order valence-corrected chi connectivity index (χ1v) is 6.24. The summed E-state index contributed by atoms with van der Waals surface area (Å²) in [5.74, 6) is 5.84. The molecule has 1 saturated carbocycles. The third-order valence-electron chi connectivity index (χ3n) is 2.64. The molecule has 0 aromatic heterocycles. The van der Waals surface area contributed by atoms with Crippen LogP contribution in [0, 0.1) is 17.8 Å². The molecule has 1 rings (SSSR count). The number of rotatable bonds is 2.